The number of non-ortho nitro benzene ring substituents is 1. The summed E-state index contributed by atoms with van der Waals surface area (Å²) in [4.78, 5) is 61.0. The minimum atomic E-state index is -1.09. The molecule has 0 aliphatic carbocycles. The van der Waals surface area contributed by atoms with Crippen molar-refractivity contribution in [3.63, 3.8) is 0 Å². The average Bonchev–Trinajstić information content (AvgIpc) is 3.02. The second-order valence-corrected chi connectivity index (χ2v) is 10.4. The fourth-order valence-corrected chi connectivity index (χ4v) is 4.56. The maximum Gasteiger partial charge on any atom is 0.335 e. The van der Waals surface area contributed by atoms with E-state index in [4.69, 9.17) is 0 Å². The lowest BCUT2D eigenvalue weighted by Crippen LogP contribution is -2.30. The van der Waals surface area contributed by atoms with E-state index in [-0.39, 0.29) is 28.6 Å². The number of amides is 3. The van der Waals surface area contributed by atoms with Crippen LogP contribution in [0.25, 0.3) is 6.08 Å². The van der Waals surface area contributed by atoms with Gasteiger partial charge in [0.15, 0.2) is 0 Å². The van der Waals surface area contributed by atoms with E-state index >= 15 is 0 Å². The molecule has 0 heterocycles. The summed E-state index contributed by atoms with van der Waals surface area (Å²) >= 11 is 1.25. The van der Waals surface area contributed by atoms with E-state index in [9.17, 15) is 34.4 Å². The number of carboxylic acid groups (broad SMARTS) is 1. The summed E-state index contributed by atoms with van der Waals surface area (Å²) in [6, 6.07) is 25.1. The molecule has 0 bridgehead atoms. The van der Waals surface area contributed by atoms with Gasteiger partial charge in [0.2, 0.25) is 5.91 Å². The summed E-state index contributed by atoms with van der Waals surface area (Å²) in [5.74, 6) is -2.46. The van der Waals surface area contributed by atoms with Crippen molar-refractivity contribution < 1.29 is 29.2 Å². The summed E-state index contributed by atoms with van der Waals surface area (Å²) in [5.41, 5.74) is 2.26. The smallest absolute Gasteiger partial charge is 0.335 e. The molecule has 4 aromatic carbocycles. The summed E-state index contributed by atoms with van der Waals surface area (Å²) < 4.78 is 0. The van der Waals surface area contributed by atoms with Crippen LogP contribution in [0.2, 0.25) is 0 Å². The Labute approximate surface area is 256 Å². The molecular weight excluding hydrogens is 584 g/mol. The van der Waals surface area contributed by atoms with Crippen LogP contribution >= 0.6 is 11.8 Å². The molecular formula is C32H26N4O7S. The van der Waals surface area contributed by atoms with E-state index in [0.717, 1.165) is 10.5 Å². The quantitative estimate of drug-likeness (QED) is 0.0721. The molecule has 0 unspecified atom stereocenters. The molecule has 0 saturated heterocycles. The van der Waals surface area contributed by atoms with Gasteiger partial charge >= 0.3 is 5.97 Å². The van der Waals surface area contributed by atoms with E-state index < -0.39 is 22.7 Å². The maximum absolute atomic E-state index is 13.2. The number of carbonyl (C=O) groups excluding carboxylic acids is 3. The molecule has 0 atom stereocenters. The van der Waals surface area contributed by atoms with Crippen LogP contribution in [0.5, 0.6) is 0 Å². The summed E-state index contributed by atoms with van der Waals surface area (Å²) in [6.07, 6.45) is 1.41. The molecule has 0 aliphatic rings. The van der Waals surface area contributed by atoms with Gasteiger partial charge in [0.1, 0.15) is 5.70 Å². The lowest BCUT2D eigenvalue weighted by atomic mass is 10.1. The van der Waals surface area contributed by atoms with Gasteiger partial charge in [0.25, 0.3) is 17.5 Å². The van der Waals surface area contributed by atoms with Crippen molar-refractivity contribution >= 4 is 58.6 Å². The molecule has 0 aromatic heterocycles. The Bertz CT molecular complexity index is 1740. The van der Waals surface area contributed by atoms with Crippen molar-refractivity contribution in [2.75, 3.05) is 16.4 Å². The summed E-state index contributed by atoms with van der Waals surface area (Å²) in [7, 11) is 0. The molecule has 0 aliphatic heterocycles. The number of anilines is 2. The van der Waals surface area contributed by atoms with Crippen molar-refractivity contribution in [3.05, 3.63) is 135 Å². The van der Waals surface area contributed by atoms with Crippen LogP contribution in [0.3, 0.4) is 0 Å². The Morgan fingerprint density at radius 3 is 2.18 bits per heavy atom. The number of carboxylic acids is 1. The fourth-order valence-electron chi connectivity index (χ4n) is 3.86. The highest BCUT2D eigenvalue weighted by molar-refractivity contribution is 8.00. The number of nitro benzene ring substituents is 1. The standard InChI is InChI=1S/C32H26N4O7S/c1-20-7-10-23(32(40)41)18-27(20)34-29(37)19-44-26-15-11-24(12-16-26)33-31(39)28(35-30(38)22-5-3-2-4-6-22)17-21-8-13-25(14-9-21)36(42)43/h2-18H,19H2,1H3,(H,33,39)(H,34,37)(H,35,38)(H,40,41)/b28-17-. The predicted octanol–water partition coefficient (Wildman–Crippen LogP) is 5.74. The second kappa shape index (κ2) is 14.4. The van der Waals surface area contributed by atoms with E-state index in [0.29, 0.717) is 22.5 Å². The summed E-state index contributed by atoms with van der Waals surface area (Å²) in [6.45, 7) is 1.76. The SMILES string of the molecule is Cc1ccc(C(=O)O)cc1NC(=O)CSc1ccc(NC(=O)/C(=C/c2ccc([N+](=O)[O-])cc2)NC(=O)c2ccccc2)cc1. The minimum Gasteiger partial charge on any atom is -0.478 e. The van der Waals surface area contributed by atoms with Gasteiger partial charge in [0.05, 0.1) is 16.2 Å². The largest absolute Gasteiger partial charge is 0.478 e. The first-order chi connectivity index (χ1) is 21.1. The maximum atomic E-state index is 13.2. The number of aryl methyl sites for hydroxylation is 1. The number of rotatable bonds is 11. The fraction of sp³-hybridized carbons (Fsp3) is 0.0625. The van der Waals surface area contributed by atoms with Crippen LogP contribution in [0, 0.1) is 17.0 Å². The van der Waals surface area contributed by atoms with Crippen LogP contribution in [0.4, 0.5) is 17.1 Å². The lowest BCUT2D eigenvalue weighted by molar-refractivity contribution is -0.384. The van der Waals surface area contributed by atoms with Crippen molar-refractivity contribution in [2.45, 2.75) is 11.8 Å². The van der Waals surface area contributed by atoms with E-state index in [1.807, 2.05) is 0 Å². The predicted molar refractivity (Wildman–Crippen MR) is 168 cm³/mol. The van der Waals surface area contributed by atoms with Crippen LogP contribution in [-0.4, -0.2) is 39.5 Å². The monoisotopic (exact) mass is 610 g/mol. The first-order valence-corrected chi connectivity index (χ1v) is 14.1. The zero-order valence-corrected chi connectivity index (χ0v) is 24.1. The topological polar surface area (TPSA) is 168 Å². The molecule has 44 heavy (non-hydrogen) atoms. The van der Waals surface area contributed by atoms with Crippen molar-refractivity contribution in [3.8, 4) is 0 Å². The molecule has 4 N–H and O–H groups in total. The molecule has 222 valence electrons. The molecule has 11 nitrogen and oxygen atoms in total. The Morgan fingerprint density at radius 2 is 1.55 bits per heavy atom. The minimum absolute atomic E-state index is 0.0656. The number of nitrogens with zero attached hydrogens (tertiary/aromatic N) is 1. The van der Waals surface area contributed by atoms with E-state index in [2.05, 4.69) is 16.0 Å². The molecule has 12 heteroatoms. The van der Waals surface area contributed by atoms with Crippen LogP contribution < -0.4 is 16.0 Å². The molecule has 0 fully saturated rings. The number of benzene rings is 4. The zero-order chi connectivity index (χ0) is 31.6. The highest BCUT2D eigenvalue weighted by atomic mass is 32.2. The van der Waals surface area contributed by atoms with E-state index in [1.165, 1.54) is 54.2 Å². The van der Waals surface area contributed by atoms with Gasteiger partial charge in [-0.05, 0) is 84.8 Å². The number of nitrogens with one attached hydrogen (secondary N) is 3. The Balaban J connectivity index is 1.42. The molecule has 0 spiro atoms. The van der Waals surface area contributed by atoms with Crippen molar-refractivity contribution in [1.82, 2.24) is 5.32 Å². The number of nitro groups is 1. The Kier molecular flexibility index (Phi) is 10.2. The van der Waals surface area contributed by atoms with Gasteiger partial charge in [-0.3, -0.25) is 24.5 Å². The van der Waals surface area contributed by atoms with Crippen molar-refractivity contribution in [1.29, 1.82) is 0 Å². The number of aromatic carboxylic acids is 1. The lowest BCUT2D eigenvalue weighted by Gasteiger charge is -2.12. The third-order valence-corrected chi connectivity index (χ3v) is 7.20. The first-order valence-electron chi connectivity index (χ1n) is 13.1. The number of hydrogen-bond acceptors (Lipinski definition) is 7. The summed E-state index contributed by atoms with van der Waals surface area (Å²) in [5, 5.41) is 28.2. The van der Waals surface area contributed by atoms with Gasteiger partial charge in [-0.2, -0.15) is 0 Å². The average molecular weight is 611 g/mol. The molecule has 0 saturated carbocycles. The molecule has 4 aromatic rings. The Morgan fingerprint density at radius 1 is 0.864 bits per heavy atom. The Hall–Kier alpha value is -5.75. The highest BCUT2D eigenvalue weighted by Crippen LogP contribution is 2.23. The van der Waals surface area contributed by atoms with Gasteiger partial charge in [-0.25, -0.2) is 4.79 Å². The van der Waals surface area contributed by atoms with Crippen LogP contribution in [0.15, 0.2) is 108 Å². The third kappa shape index (κ3) is 8.63. The zero-order valence-electron chi connectivity index (χ0n) is 23.3. The van der Waals surface area contributed by atoms with Gasteiger partial charge in [-0.15, -0.1) is 11.8 Å². The van der Waals surface area contributed by atoms with Crippen molar-refractivity contribution in [2.24, 2.45) is 0 Å². The van der Waals surface area contributed by atoms with Crippen LogP contribution in [-0.2, 0) is 9.59 Å². The first kappa shape index (κ1) is 31.2. The highest BCUT2D eigenvalue weighted by Gasteiger charge is 2.16. The van der Waals surface area contributed by atoms with Gasteiger partial charge < -0.3 is 21.1 Å². The number of carbonyl (C=O) groups is 4. The van der Waals surface area contributed by atoms with Crippen LogP contribution in [0.1, 0.15) is 31.8 Å². The number of hydrogen-bond donors (Lipinski definition) is 4. The third-order valence-electron chi connectivity index (χ3n) is 6.18. The van der Waals surface area contributed by atoms with Gasteiger partial charge in [0, 0.05) is 34.0 Å². The second-order valence-electron chi connectivity index (χ2n) is 9.38. The van der Waals surface area contributed by atoms with E-state index in [1.54, 1.807) is 67.6 Å². The van der Waals surface area contributed by atoms with Gasteiger partial charge in [-0.1, -0.05) is 24.3 Å². The molecule has 4 rings (SSSR count). The molecule has 3 amide bonds. The normalized spacial score (nSPS) is 10.9. The number of thioether (sulfide) groups is 1. The molecule has 0 radical (unpaired) electrons.